The lowest BCUT2D eigenvalue weighted by molar-refractivity contribution is -0.126. The summed E-state index contributed by atoms with van der Waals surface area (Å²) in [6.07, 6.45) is 1.31. The molecule has 1 amide bonds. The minimum absolute atomic E-state index is 0.0758. The van der Waals surface area contributed by atoms with Gasteiger partial charge in [0.15, 0.2) is 0 Å². The molecule has 4 nitrogen and oxygen atoms in total. The second-order valence-corrected chi connectivity index (χ2v) is 6.76. The summed E-state index contributed by atoms with van der Waals surface area (Å²) in [7, 11) is 0. The second kappa shape index (κ2) is 6.02. The van der Waals surface area contributed by atoms with Gasteiger partial charge < -0.3 is 16.0 Å². The first-order chi connectivity index (χ1) is 8.18. The van der Waals surface area contributed by atoms with Crippen LogP contribution in [-0.2, 0) is 4.79 Å². The first kappa shape index (κ1) is 15.4. The summed E-state index contributed by atoms with van der Waals surface area (Å²) in [5.74, 6) is 1.43. The molecular weight excluding hydrogens is 226 g/mol. The number of nitrogens with two attached hydrogens (primary N) is 1. The normalized spacial score (nSPS) is 27.9. The van der Waals surface area contributed by atoms with Gasteiger partial charge in [0, 0.05) is 25.7 Å². The van der Waals surface area contributed by atoms with Gasteiger partial charge in [-0.25, -0.2) is 0 Å². The number of carbonyl (C=O) groups is 1. The molecule has 1 aliphatic rings. The van der Waals surface area contributed by atoms with Crippen molar-refractivity contribution in [3.05, 3.63) is 0 Å². The van der Waals surface area contributed by atoms with E-state index >= 15 is 0 Å². The molecule has 3 atom stereocenters. The van der Waals surface area contributed by atoms with E-state index in [-0.39, 0.29) is 11.9 Å². The Labute approximate surface area is 111 Å². The van der Waals surface area contributed by atoms with E-state index in [1.54, 1.807) is 13.8 Å². The van der Waals surface area contributed by atoms with Gasteiger partial charge in [-0.1, -0.05) is 13.8 Å². The van der Waals surface area contributed by atoms with Crippen molar-refractivity contribution in [1.29, 1.82) is 0 Å². The zero-order valence-corrected chi connectivity index (χ0v) is 12.5. The second-order valence-electron chi connectivity index (χ2n) is 6.76. The van der Waals surface area contributed by atoms with Crippen LogP contribution in [0.25, 0.3) is 0 Å². The Morgan fingerprint density at radius 2 is 1.89 bits per heavy atom. The highest BCUT2D eigenvalue weighted by Crippen LogP contribution is 2.20. The molecule has 0 aromatic carbocycles. The fourth-order valence-electron chi connectivity index (χ4n) is 2.78. The summed E-state index contributed by atoms with van der Waals surface area (Å²) in [6.45, 7) is 13.3. The number of hydrogen-bond acceptors (Lipinski definition) is 3. The first-order valence-corrected chi connectivity index (χ1v) is 7.00. The minimum atomic E-state index is -0.795. The van der Waals surface area contributed by atoms with Crippen LogP contribution < -0.4 is 11.1 Å². The van der Waals surface area contributed by atoms with Crippen LogP contribution in [0, 0.1) is 11.8 Å². The van der Waals surface area contributed by atoms with Gasteiger partial charge in [-0.3, -0.25) is 4.79 Å². The van der Waals surface area contributed by atoms with Crippen LogP contribution in [0.3, 0.4) is 0 Å². The maximum atomic E-state index is 11.8. The molecule has 0 spiro atoms. The fourth-order valence-corrected chi connectivity index (χ4v) is 2.78. The topological polar surface area (TPSA) is 58.4 Å². The van der Waals surface area contributed by atoms with Gasteiger partial charge in [-0.2, -0.15) is 0 Å². The highest BCUT2D eigenvalue weighted by Gasteiger charge is 2.26. The third-order valence-corrected chi connectivity index (χ3v) is 3.44. The smallest absolute Gasteiger partial charge is 0.239 e. The predicted molar refractivity (Wildman–Crippen MR) is 75.3 cm³/mol. The monoisotopic (exact) mass is 255 g/mol. The number of piperidine rings is 1. The molecule has 1 heterocycles. The molecule has 1 rings (SSSR count). The van der Waals surface area contributed by atoms with Crippen molar-refractivity contribution in [2.75, 3.05) is 19.6 Å². The van der Waals surface area contributed by atoms with Gasteiger partial charge in [-0.05, 0) is 39.0 Å². The van der Waals surface area contributed by atoms with E-state index in [2.05, 4.69) is 24.1 Å². The van der Waals surface area contributed by atoms with E-state index < -0.39 is 5.54 Å². The third kappa shape index (κ3) is 4.94. The van der Waals surface area contributed by atoms with Gasteiger partial charge in [0.25, 0.3) is 0 Å². The summed E-state index contributed by atoms with van der Waals surface area (Å²) < 4.78 is 0. The van der Waals surface area contributed by atoms with Crippen LogP contribution in [0.5, 0.6) is 0 Å². The molecule has 106 valence electrons. The van der Waals surface area contributed by atoms with Crippen LogP contribution in [0.4, 0.5) is 0 Å². The lowest BCUT2D eigenvalue weighted by Crippen LogP contribution is -2.54. The van der Waals surface area contributed by atoms with Crippen molar-refractivity contribution in [3.8, 4) is 0 Å². The van der Waals surface area contributed by atoms with E-state index in [9.17, 15) is 4.79 Å². The van der Waals surface area contributed by atoms with Crippen molar-refractivity contribution >= 4 is 5.91 Å². The average molecular weight is 255 g/mol. The van der Waals surface area contributed by atoms with Crippen molar-refractivity contribution < 1.29 is 4.79 Å². The average Bonchev–Trinajstić information content (AvgIpc) is 2.13. The molecule has 0 aromatic rings. The molecule has 1 saturated heterocycles. The van der Waals surface area contributed by atoms with Gasteiger partial charge in [0.1, 0.15) is 0 Å². The molecule has 0 aliphatic carbocycles. The zero-order valence-electron chi connectivity index (χ0n) is 12.5. The quantitative estimate of drug-likeness (QED) is 0.794. The Morgan fingerprint density at radius 1 is 1.39 bits per heavy atom. The van der Waals surface area contributed by atoms with Gasteiger partial charge >= 0.3 is 0 Å². The van der Waals surface area contributed by atoms with Gasteiger partial charge in [0.2, 0.25) is 5.91 Å². The van der Waals surface area contributed by atoms with E-state index in [4.69, 9.17) is 5.73 Å². The van der Waals surface area contributed by atoms with Crippen molar-refractivity contribution in [2.24, 2.45) is 17.6 Å². The largest absolute Gasteiger partial charge is 0.351 e. The summed E-state index contributed by atoms with van der Waals surface area (Å²) >= 11 is 0. The highest BCUT2D eigenvalue weighted by molar-refractivity contribution is 5.85. The van der Waals surface area contributed by atoms with E-state index in [1.165, 1.54) is 6.42 Å². The number of carbonyl (C=O) groups excluding carboxylic acids is 1. The maximum absolute atomic E-state index is 11.8. The Bertz CT molecular complexity index is 275. The standard InChI is InChI=1S/C14H29N3O/c1-10-6-11(2)8-17(7-10)9-12(3)16-13(18)14(4,5)15/h10-12H,6-9,15H2,1-5H3,(H,16,18). The fraction of sp³-hybridized carbons (Fsp3) is 0.929. The molecule has 0 radical (unpaired) electrons. The van der Waals surface area contributed by atoms with E-state index in [1.807, 2.05) is 6.92 Å². The van der Waals surface area contributed by atoms with E-state index in [0.29, 0.717) is 0 Å². The molecule has 0 bridgehead atoms. The summed E-state index contributed by atoms with van der Waals surface area (Å²) in [6, 6.07) is 0.151. The summed E-state index contributed by atoms with van der Waals surface area (Å²) in [5, 5.41) is 2.99. The highest BCUT2D eigenvalue weighted by atomic mass is 16.2. The minimum Gasteiger partial charge on any atom is -0.351 e. The van der Waals surface area contributed by atoms with Crippen molar-refractivity contribution in [2.45, 2.75) is 52.6 Å². The number of nitrogens with zero attached hydrogens (tertiary/aromatic N) is 1. The maximum Gasteiger partial charge on any atom is 0.239 e. The number of nitrogens with one attached hydrogen (secondary N) is 1. The number of likely N-dealkylation sites (tertiary alicyclic amines) is 1. The molecule has 1 aliphatic heterocycles. The van der Waals surface area contributed by atoms with Crippen molar-refractivity contribution in [3.63, 3.8) is 0 Å². The molecule has 3 unspecified atom stereocenters. The SMILES string of the molecule is CC1CC(C)CN(CC(C)NC(=O)C(C)(C)N)C1. The summed E-state index contributed by atoms with van der Waals surface area (Å²) in [4.78, 5) is 14.2. The third-order valence-electron chi connectivity index (χ3n) is 3.44. The molecule has 0 aromatic heterocycles. The van der Waals surface area contributed by atoms with Crippen LogP contribution >= 0.6 is 0 Å². The lowest BCUT2D eigenvalue weighted by Gasteiger charge is -2.36. The molecular formula is C14H29N3O. The van der Waals surface area contributed by atoms with Crippen LogP contribution in [0.2, 0.25) is 0 Å². The summed E-state index contributed by atoms with van der Waals surface area (Å²) in [5.41, 5.74) is 4.98. The molecule has 0 saturated carbocycles. The zero-order chi connectivity index (χ0) is 13.9. The van der Waals surface area contributed by atoms with Gasteiger partial charge in [0.05, 0.1) is 5.54 Å². The van der Waals surface area contributed by atoms with E-state index in [0.717, 1.165) is 31.5 Å². The Kier molecular flexibility index (Phi) is 5.17. The van der Waals surface area contributed by atoms with Crippen molar-refractivity contribution in [1.82, 2.24) is 10.2 Å². The Morgan fingerprint density at radius 3 is 2.33 bits per heavy atom. The lowest BCUT2D eigenvalue weighted by atomic mass is 9.91. The molecule has 3 N–H and O–H groups in total. The van der Waals surface area contributed by atoms with Crippen LogP contribution in [-0.4, -0.2) is 42.0 Å². The molecule has 18 heavy (non-hydrogen) atoms. The number of hydrogen-bond donors (Lipinski definition) is 2. The van der Waals surface area contributed by atoms with Crippen LogP contribution in [0.1, 0.15) is 41.0 Å². The first-order valence-electron chi connectivity index (χ1n) is 7.00. The number of amides is 1. The number of rotatable bonds is 4. The van der Waals surface area contributed by atoms with Crippen LogP contribution in [0.15, 0.2) is 0 Å². The Hall–Kier alpha value is -0.610. The molecule has 4 heteroatoms. The Balaban J connectivity index is 2.40. The van der Waals surface area contributed by atoms with Gasteiger partial charge in [-0.15, -0.1) is 0 Å². The molecule has 1 fully saturated rings. The predicted octanol–water partition coefficient (Wildman–Crippen LogP) is 1.21.